The van der Waals surface area contributed by atoms with Gasteiger partial charge in [-0.05, 0) is 18.6 Å². The maximum Gasteiger partial charge on any atom is 0.103 e. The molecule has 1 aromatic heterocycles. The third kappa shape index (κ3) is 3.77. The van der Waals surface area contributed by atoms with Gasteiger partial charge in [0.1, 0.15) is 5.01 Å². The van der Waals surface area contributed by atoms with Crippen molar-refractivity contribution in [2.75, 3.05) is 0 Å². The fourth-order valence-corrected chi connectivity index (χ4v) is 3.98. The molecule has 0 aliphatic heterocycles. The molecule has 0 aliphatic rings. The molecule has 0 atom stereocenters. The summed E-state index contributed by atoms with van der Waals surface area (Å²) in [6, 6.07) is 10.5. The van der Waals surface area contributed by atoms with Crippen LogP contribution in [0.2, 0.25) is 0 Å². The Balaban J connectivity index is 2.01. The van der Waals surface area contributed by atoms with Gasteiger partial charge in [0.15, 0.2) is 0 Å². The van der Waals surface area contributed by atoms with Crippen molar-refractivity contribution in [1.29, 1.82) is 0 Å². The third-order valence-corrected chi connectivity index (χ3v) is 5.39. The first kappa shape index (κ1) is 14.0. The van der Waals surface area contributed by atoms with E-state index in [0.717, 1.165) is 24.3 Å². The molecular formula is C14H17NS3. The summed E-state index contributed by atoms with van der Waals surface area (Å²) in [5.74, 6) is 1.77. The first-order valence-electron chi connectivity index (χ1n) is 6.09. The molecule has 0 unspecified atom stereocenters. The standard InChI is InChI=1S/C14H17NS3/c1-2-6-12-13(9-16)18-14(15-12)10-17-11-7-4-3-5-8-11/h3-5,7-8,16H,2,6,9-10H2,1H3. The molecule has 0 aliphatic carbocycles. The topological polar surface area (TPSA) is 12.9 Å². The van der Waals surface area contributed by atoms with Crippen LogP contribution in [0.1, 0.15) is 28.9 Å². The Bertz CT molecular complexity index is 479. The van der Waals surface area contributed by atoms with Crippen LogP contribution in [0.5, 0.6) is 0 Å². The third-order valence-electron chi connectivity index (χ3n) is 2.56. The van der Waals surface area contributed by atoms with Crippen molar-refractivity contribution in [3.05, 3.63) is 45.9 Å². The Morgan fingerprint density at radius 2 is 2.06 bits per heavy atom. The van der Waals surface area contributed by atoms with Crippen LogP contribution in [-0.4, -0.2) is 4.98 Å². The minimum absolute atomic E-state index is 0.809. The van der Waals surface area contributed by atoms with E-state index < -0.39 is 0 Å². The van der Waals surface area contributed by atoms with Crippen molar-refractivity contribution >= 4 is 35.7 Å². The molecule has 0 saturated carbocycles. The molecule has 0 fully saturated rings. The number of thiazole rings is 1. The zero-order valence-corrected chi connectivity index (χ0v) is 13.0. The predicted octanol–water partition coefficient (Wildman–Crippen LogP) is 4.82. The lowest BCUT2D eigenvalue weighted by molar-refractivity contribution is 0.878. The van der Waals surface area contributed by atoms with Crippen molar-refractivity contribution < 1.29 is 0 Å². The molecule has 1 heterocycles. The highest BCUT2D eigenvalue weighted by Gasteiger charge is 2.09. The van der Waals surface area contributed by atoms with Gasteiger partial charge in [0.05, 0.1) is 11.4 Å². The van der Waals surface area contributed by atoms with E-state index in [1.165, 1.54) is 20.5 Å². The SMILES string of the molecule is CCCc1nc(CSc2ccccc2)sc1CS. The van der Waals surface area contributed by atoms with Crippen LogP contribution >= 0.6 is 35.7 Å². The summed E-state index contributed by atoms with van der Waals surface area (Å²) in [7, 11) is 0. The van der Waals surface area contributed by atoms with Crippen LogP contribution in [0, 0.1) is 0 Å². The lowest BCUT2D eigenvalue weighted by Gasteiger charge is -1.97. The molecule has 2 rings (SSSR count). The Labute approximate surface area is 122 Å². The Morgan fingerprint density at radius 3 is 2.72 bits per heavy atom. The number of thiol groups is 1. The first-order valence-corrected chi connectivity index (χ1v) is 8.53. The zero-order valence-electron chi connectivity index (χ0n) is 10.4. The van der Waals surface area contributed by atoms with E-state index in [9.17, 15) is 0 Å². The molecule has 18 heavy (non-hydrogen) atoms. The Kier molecular flexibility index (Phi) is 5.60. The second-order valence-electron chi connectivity index (χ2n) is 3.99. The molecule has 0 N–H and O–H groups in total. The summed E-state index contributed by atoms with van der Waals surface area (Å²) in [6.45, 7) is 2.19. The van der Waals surface area contributed by atoms with Crippen molar-refractivity contribution in [3.8, 4) is 0 Å². The maximum absolute atomic E-state index is 4.73. The molecule has 96 valence electrons. The summed E-state index contributed by atoms with van der Waals surface area (Å²) in [4.78, 5) is 7.37. The first-order chi connectivity index (χ1) is 8.83. The van der Waals surface area contributed by atoms with Crippen LogP contribution in [0.25, 0.3) is 0 Å². The zero-order chi connectivity index (χ0) is 12.8. The monoisotopic (exact) mass is 295 g/mol. The van der Waals surface area contributed by atoms with E-state index in [0.29, 0.717) is 0 Å². The number of benzene rings is 1. The van der Waals surface area contributed by atoms with Crippen molar-refractivity contribution in [2.24, 2.45) is 0 Å². The van der Waals surface area contributed by atoms with Gasteiger partial charge in [-0.3, -0.25) is 0 Å². The highest BCUT2D eigenvalue weighted by atomic mass is 32.2. The van der Waals surface area contributed by atoms with Gasteiger partial charge in [-0.15, -0.1) is 23.1 Å². The van der Waals surface area contributed by atoms with Gasteiger partial charge in [-0.1, -0.05) is 31.5 Å². The van der Waals surface area contributed by atoms with Crippen LogP contribution < -0.4 is 0 Å². The molecule has 2 aromatic rings. The number of hydrogen-bond donors (Lipinski definition) is 1. The summed E-state index contributed by atoms with van der Waals surface area (Å²) in [5, 5.41) is 1.22. The fraction of sp³-hybridized carbons (Fsp3) is 0.357. The van der Waals surface area contributed by atoms with E-state index in [1.807, 2.05) is 29.2 Å². The van der Waals surface area contributed by atoms with Gasteiger partial charge in [0.2, 0.25) is 0 Å². The van der Waals surface area contributed by atoms with E-state index in [4.69, 9.17) is 4.98 Å². The molecule has 1 nitrogen and oxygen atoms in total. The van der Waals surface area contributed by atoms with Gasteiger partial charge in [0.25, 0.3) is 0 Å². The average Bonchev–Trinajstić information content (AvgIpc) is 2.80. The van der Waals surface area contributed by atoms with Crippen LogP contribution in [0.3, 0.4) is 0 Å². The van der Waals surface area contributed by atoms with Crippen molar-refractivity contribution in [3.63, 3.8) is 0 Å². The highest BCUT2D eigenvalue weighted by molar-refractivity contribution is 7.98. The second kappa shape index (κ2) is 7.22. The van der Waals surface area contributed by atoms with E-state index in [2.05, 4.69) is 43.8 Å². The summed E-state index contributed by atoms with van der Waals surface area (Å²) < 4.78 is 0. The number of aromatic nitrogens is 1. The van der Waals surface area contributed by atoms with Gasteiger partial charge in [0, 0.05) is 15.5 Å². The molecule has 0 spiro atoms. The number of nitrogens with zero attached hydrogens (tertiary/aromatic N) is 1. The number of hydrogen-bond acceptors (Lipinski definition) is 4. The van der Waals surface area contributed by atoms with Gasteiger partial charge < -0.3 is 0 Å². The van der Waals surface area contributed by atoms with E-state index in [1.54, 1.807) is 0 Å². The fourth-order valence-electron chi connectivity index (χ4n) is 1.72. The van der Waals surface area contributed by atoms with Crippen molar-refractivity contribution in [2.45, 2.75) is 36.2 Å². The van der Waals surface area contributed by atoms with Crippen LogP contribution in [0.15, 0.2) is 35.2 Å². The molecule has 1 aromatic carbocycles. The normalized spacial score (nSPS) is 10.8. The number of aryl methyl sites for hydroxylation is 1. The Hall–Kier alpha value is -0.450. The van der Waals surface area contributed by atoms with Gasteiger partial charge in [-0.25, -0.2) is 4.98 Å². The number of rotatable bonds is 6. The molecular weight excluding hydrogens is 278 g/mol. The smallest absolute Gasteiger partial charge is 0.103 e. The summed E-state index contributed by atoms with van der Waals surface area (Å²) in [6.07, 6.45) is 2.22. The second-order valence-corrected chi connectivity index (χ2v) is 6.52. The lowest BCUT2D eigenvalue weighted by atomic mass is 10.2. The molecule has 0 saturated heterocycles. The summed E-state index contributed by atoms with van der Waals surface area (Å²) >= 11 is 8.05. The van der Waals surface area contributed by atoms with Crippen LogP contribution in [0.4, 0.5) is 0 Å². The number of thioether (sulfide) groups is 1. The highest BCUT2D eigenvalue weighted by Crippen LogP contribution is 2.28. The quantitative estimate of drug-likeness (QED) is 0.606. The maximum atomic E-state index is 4.73. The largest absolute Gasteiger partial charge is 0.245 e. The minimum atomic E-state index is 0.809. The van der Waals surface area contributed by atoms with Crippen LogP contribution in [-0.2, 0) is 17.9 Å². The minimum Gasteiger partial charge on any atom is -0.245 e. The molecule has 0 amide bonds. The van der Waals surface area contributed by atoms with Crippen molar-refractivity contribution in [1.82, 2.24) is 4.98 Å². The molecule has 4 heteroatoms. The van der Waals surface area contributed by atoms with E-state index in [-0.39, 0.29) is 0 Å². The lowest BCUT2D eigenvalue weighted by Crippen LogP contribution is -1.88. The Morgan fingerprint density at radius 1 is 1.28 bits per heavy atom. The average molecular weight is 295 g/mol. The summed E-state index contributed by atoms with van der Waals surface area (Å²) in [5.41, 5.74) is 1.25. The van der Waals surface area contributed by atoms with Gasteiger partial charge in [-0.2, -0.15) is 12.6 Å². The van der Waals surface area contributed by atoms with Gasteiger partial charge >= 0.3 is 0 Å². The molecule has 0 bridgehead atoms. The van der Waals surface area contributed by atoms with E-state index >= 15 is 0 Å². The molecule has 0 radical (unpaired) electrons. The predicted molar refractivity (Wildman–Crippen MR) is 84.8 cm³/mol.